The number of amides is 1. The molecule has 3 rings (SSSR count). The Balaban J connectivity index is 1.90. The first-order chi connectivity index (χ1) is 12.7. The van der Waals surface area contributed by atoms with Crippen molar-refractivity contribution in [3.8, 4) is 0 Å². The molecule has 1 amide bonds. The van der Waals surface area contributed by atoms with Gasteiger partial charge in [-0.05, 0) is 31.5 Å². The molecule has 0 aliphatic carbocycles. The molecule has 1 aliphatic heterocycles. The molecule has 9 heteroatoms. The van der Waals surface area contributed by atoms with Crippen LogP contribution < -0.4 is 5.32 Å². The molecule has 3 heterocycles. The van der Waals surface area contributed by atoms with Gasteiger partial charge in [0, 0.05) is 38.9 Å². The van der Waals surface area contributed by atoms with E-state index in [4.69, 9.17) is 0 Å². The predicted molar refractivity (Wildman–Crippen MR) is 94.0 cm³/mol. The first kappa shape index (κ1) is 19.5. The van der Waals surface area contributed by atoms with Crippen molar-refractivity contribution in [1.29, 1.82) is 0 Å². The van der Waals surface area contributed by atoms with Crippen molar-refractivity contribution in [2.45, 2.75) is 38.0 Å². The summed E-state index contributed by atoms with van der Waals surface area (Å²) >= 11 is 0. The number of hydrogen-bond donors (Lipinski definition) is 1. The highest BCUT2D eigenvalue weighted by Crippen LogP contribution is 2.36. The summed E-state index contributed by atoms with van der Waals surface area (Å²) in [6.07, 6.45) is -0.364. The molecule has 2 aromatic heterocycles. The summed E-state index contributed by atoms with van der Waals surface area (Å²) in [6.45, 7) is 0.880. The van der Waals surface area contributed by atoms with Crippen molar-refractivity contribution in [1.82, 2.24) is 24.6 Å². The Kier molecular flexibility index (Phi) is 5.32. The van der Waals surface area contributed by atoms with Gasteiger partial charge in [0.25, 0.3) is 5.91 Å². The minimum absolute atomic E-state index is 0.0385. The van der Waals surface area contributed by atoms with Crippen molar-refractivity contribution in [3.63, 3.8) is 0 Å². The molecule has 1 aliphatic rings. The molecule has 2 aromatic rings. The molecule has 0 spiro atoms. The fourth-order valence-electron chi connectivity index (χ4n) is 3.92. The third kappa shape index (κ3) is 3.73. The number of hydrogen-bond acceptors (Lipinski definition) is 3. The second-order valence-corrected chi connectivity index (χ2v) is 6.90. The zero-order valence-corrected chi connectivity index (χ0v) is 15.7. The third-order valence-electron chi connectivity index (χ3n) is 5.23. The zero-order chi connectivity index (χ0) is 19.8. The maximum absolute atomic E-state index is 13.4. The minimum Gasteiger partial charge on any atom is -0.354 e. The Bertz CT molecular complexity index is 824. The molecule has 1 fully saturated rings. The summed E-state index contributed by atoms with van der Waals surface area (Å²) in [5, 5.41) is 6.42. The van der Waals surface area contributed by atoms with Gasteiger partial charge in [0.15, 0.2) is 0 Å². The summed E-state index contributed by atoms with van der Waals surface area (Å²) < 4.78 is 42.9. The van der Waals surface area contributed by atoms with Crippen LogP contribution in [0.4, 0.5) is 13.2 Å². The van der Waals surface area contributed by atoms with Crippen LogP contribution in [-0.2, 0) is 26.8 Å². The average Bonchev–Trinajstić information content (AvgIpc) is 3.17. The number of aromatic nitrogens is 3. The Morgan fingerprint density at radius 1 is 1.30 bits per heavy atom. The third-order valence-corrected chi connectivity index (χ3v) is 5.23. The van der Waals surface area contributed by atoms with Crippen LogP contribution in [0.5, 0.6) is 0 Å². The average molecular weight is 383 g/mol. The molecule has 6 nitrogen and oxygen atoms in total. The van der Waals surface area contributed by atoms with Gasteiger partial charge >= 0.3 is 6.18 Å². The van der Waals surface area contributed by atoms with Gasteiger partial charge < -0.3 is 9.88 Å². The van der Waals surface area contributed by atoms with E-state index in [-0.39, 0.29) is 24.1 Å². The number of alkyl halides is 3. The zero-order valence-electron chi connectivity index (χ0n) is 15.7. The Hall–Kier alpha value is -2.29. The number of nitrogens with zero attached hydrogens (tertiary/aromatic N) is 4. The molecule has 0 bridgehead atoms. The van der Waals surface area contributed by atoms with Crippen LogP contribution in [0.1, 0.15) is 52.7 Å². The van der Waals surface area contributed by atoms with Crippen molar-refractivity contribution >= 4 is 5.91 Å². The summed E-state index contributed by atoms with van der Waals surface area (Å²) in [5.41, 5.74) is 0.948. The van der Waals surface area contributed by atoms with Crippen LogP contribution in [0.3, 0.4) is 0 Å². The molecule has 148 valence electrons. The van der Waals surface area contributed by atoms with E-state index in [1.807, 2.05) is 17.7 Å². The number of halogens is 3. The molecule has 0 aromatic carbocycles. The normalized spacial score (nSPS) is 18.7. The standard InChI is InChI=1S/C18H24F3N5O/c1-22-17(27)15-8-7-13(24(15)2)14-6-4-5-9-26(14)11-12-10-23-25(3)16(12)18(19,20)21/h7-8,10,14H,4-6,9,11H2,1-3H3,(H,22,27)/t14-/m1/s1. The number of piperidine rings is 1. The second kappa shape index (κ2) is 7.38. The smallest absolute Gasteiger partial charge is 0.354 e. The van der Waals surface area contributed by atoms with E-state index in [1.54, 1.807) is 13.1 Å². The van der Waals surface area contributed by atoms with Gasteiger partial charge in [-0.1, -0.05) is 6.42 Å². The first-order valence-electron chi connectivity index (χ1n) is 8.94. The fraction of sp³-hybridized carbons (Fsp3) is 0.556. The molecular weight excluding hydrogens is 359 g/mol. The quantitative estimate of drug-likeness (QED) is 0.883. The van der Waals surface area contributed by atoms with Gasteiger partial charge in [0.1, 0.15) is 11.4 Å². The molecule has 0 radical (unpaired) electrons. The Morgan fingerprint density at radius 2 is 2.04 bits per heavy atom. The molecule has 0 unspecified atom stereocenters. The summed E-state index contributed by atoms with van der Waals surface area (Å²) in [5.74, 6) is -0.183. The summed E-state index contributed by atoms with van der Waals surface area (Å²) in [6, 6.07) is 3.61. The number of rotatable bonds is 4. The van der Waals surface area contributed by atoms with Crippen LogP contribution in [0.25, 0.3) is 0 Å². The van der Waals surface area contributed by atoms with Crippen molar-refractivity contribution in [2.24, 2.45) is 14.1 Å². The topological polar surface area (TPSA) is 55.1 Å². The lowest BCUT2D eigenvalue weighted by Gasteiger charge is -2.36. The molecule has 1 saturated heterocycles. The van der Waals surface area contributed by atoms with E-state index < -0.39 is 11.9 Å². The van der Waals surface area contributed by atoms with E-state index in [0.717, 1.165) is 29.6 Å². The van der Waals surface area contributed by atoms with Crippen LogP contribution in [0.15, 0.2) is 18.3 Å². The van der Waals surface area contributed by atoms with E-state index in [1.165, 1.54) is 13.2 Å². The van der Waals surface area contributed by atoms with Crippen LogP contribution in [0, 0.1) is 0 Å². The predicted octanol–water partition coefficient (Wildman–Crippen LogP) is 2.86. The highest BCUT2D eigenvalue weighted by Gasteiger charge is 2.38. The van der Waals surface area contributed by atoms with E-state index in [9.17, 15) is 18.0 Å². The van der Waals surface area contributed by atoms with Gasteiger partial charge in [0.05, 0.1) is 12.2 Å². The monoisotopic (exact) mass is 383 g/mol. The Morgan fingerprint density at radius 3 is 2.70 bits per heavy atom. The molecule has 1 N–H and O–H groups in total. The van der Waals surface area contributed by atoms with Gasteiger partial charge in [-0.2, -0.15) is 18.3 Å². The first-order valence-corrected chi connectivity index (χ1v) is 8.94. The maximum Gasteiger partial charge on any atom is 0.433 e. The highest BCUT2D eigenvalue weighted by molar-refractivity contribution is 5.92. The summed E-state index contributed by atoms with van der Waals surface area (Å²) in [4.78, 5) is 14.0. The van der Waals surface area contributed by atoms with Crippen LogP contribution in [0.2, 0.25) is 0 Å². The van der Waals surface area contributed by atoms with E-state index in [0.29, 0.717) is 12.2 Å². The summed E-state index contributed by atoms with van der Waals surface area (Å²) in [7, 11) is 4.70. The van der Waals surface area contributed by atoms with Gasteiger partial charge in [-0.3, -0.25) is 14.4 Å². The SMILES string of the molecule is CNC(=O)c1ccc([C@H]2CCCCN2Cc2cnn(C)c2C(F)(F)F)n1C. The van der Waals surface area contributed by atoms with Gasteiger partial charge in [0.2, 0.25) is 0 Å². The van der Waals surface area contributed by atoms with E-state index >= 15 is 0 Å². The van der Waals surface area contributed by atoms with Crippen LogP contribution >= 0.6 is 0 Å². The maximum atomic E-state index is 13.4. The van der Waals surface area contributed by atoms with Gasteiger partial charge in [-0.15, -0.1) is 0 Å². The molecule has 1 atom stereocenters. The molecule has 27 heavy (non-hydrogen) atoms. The molecule has 0 saturated carbocycles. The fourth-order valence-corrected chi connectivity index (χ4v) is 3.92. The van der Waals surface area contributed by atoms with Gasteiger partial charge in [-0.25, -0.2) is 0 Å². The van der Waals surface area contributed by atoms with E-state index in [2.05, 4.69) is 15.3 Å². The lowest BCUT2D eigenvalue weighted by Crippen LogP contribution is -2.35. The number of aryl methyl sites for hydroxylation is 1. The van der Waals surface area contributed by atoms with Crippen molar-refractivity contribution in [2.75, 3.05) is 13.6 Å². The largest absolute Gasteiger partial charge is 0.433 e. The Labute approximate surface area is 155 Å². The number of carbonyl (C=O) groups excluding carboxylic acids is 1. The van der Waals surface area contributed by atoms with Crippen LogP contribution in [-0.4, -0.2) is 38.7 Å². The number of nitrogens with one attached hydrogen (secondary N) is 1. The number of likely N-dealkylation sites (tertiary alicyclic amines) is 1. The number of carbonyl (C=O) groups is 1. The van der Waals surface area contributed by atoms with Crippen molar-refractivity contribution in [3.05, 3.63) is 41.0 Å². The van der Waals surface area contributed by atoms with Crippen molar-refractivity contribution < 1.29 is 18.0 Å². The lowest BCUT2D eigenvalue weighted by molar-refractivity contribution is -0.144. The lowest BCUT2D eigenvalue weighted by atomic mass is 9.98. The minimum atomic E-state index is -4.44. The highest BCUT2D eigenvalue weighted by atomic mass is 19.4. The molecular formula is C18H24F3N5O. The second-order valence-electron chi connectivity index (χ2n) is 6.90.